The minimum Gasteiger partial charge on any atom is -0.463 e. The van der Waals surface area contributed by atoms with Crippen LogP contribution < -0.4 is 0 Å². The van der Waals surface area contributed by atoms with E-state index in [2.05, 4.69) is 27.7 Å². The van der Waals surface area contributed by atoms with Crippen molar-refractivity contribution in [2.45, 2.75) is 543 Å². The first-order valence-electron chi connectivity index (χ1n) is 48.8. The second kappa shape index (κ2) is 72.5. The number of aliphatic hydroxyl groups is 9. The maximum atomic E-state index is 14.9. The molecule has 26 heteroatoms. The van der Waals surface area contributed by atoms with E-state index in [9.17, 15) is 74.6 Å². The molecule has 3 aliphatic rings. The summed E-state index contributed by atoms with van der Waals surface area (Å²) in [6.07, 6.45) is 30.7. The fraction of sp³-hybridized carbons (Fsp3) is 0.957. The fourth-order valence-electron chi connectivity index (χ4n) is 16.4. The lowest BCUT2D eigenvalue weighted by atomic mass is 9.84. The van der Waals surface area contributed by atoms with Gasteiger partial charge in [-0.15, -0.1) is 0 Å². The van der Waals surface area contributed by atoms with E-state index in [0.717, 1.165) is 128 Å². The number of esters is 4. The molecule has 3 fully saturated rings. The van der Waals surface area contributed by atoms with Crippen LogP contribution in [0.1, 0.15) is 439 Å². The third-order valence-corrected chi connectivity index (χ3v) is 25.1. The predicted molar refractivity (Wildman–Crippen MR) is 463 cm³/mol. The molecule has 0 radical (unpaired) electrons. The monoisotopic (exact) mass is 1720 g/mol. The summed E-state index contributed by atoms with van der Waals surface area (Å²) in [6.45, 7) is 5.66. The minimum atomic E-state index is -5.80. The zero-order valence-corrected chi connectivity index (χ0v) is 75.8. The lowest BCUT2D eigenvalue weighted by Crippen LogP contribution is -2.70. The Kier molecular flexibility index (Phi) is 67.4. The van der Waals surface area contributed by atoms with E-state index < -0.39 is 162 Å². The van der Waals surface area contributed by atoms with Gasteiger partial charge in [-0.2, -0.15) is 0 Å². The summed E-state index contributed by atoms with van der Waals surface area (Å²) in [5.41, 5.74) is 0. The summed E-state index contributed by atoms with van der Waals surface area (Å²) in [7, 11) is -5.80. The zero-order chi connectivity index (χ0) is 86.8. The van der Waals surface area contributed by atoms with Gasteiger partial charge in [0.15, 0.2) is 24.8 Å². The number of phosphoric ester groups is 1. The number of hydrogen-bond acceptors (Lipinski definition) is 24. The number of rotatable bonds is 80. The van der Waals surface area contributed by atoms with Gasteiger partial charge in [-0.05, 0) is 25.7 Å². The fourth-order valence-corrected chi connectivity index (χ4v) is 17.3. The van der Waals surface area contributed by atoms with Gasteiger partial charge in [-0.1, -0.05) is 387 Å². The third kappa shape index (κ3) is 52.4. The molecule has 0 aromatic rings. The van der Waals surface area contributed by atoms with Crippen molar-refractivity contribution in [3.8, 4) is 0 Å². The normalized spacial score (nSPS) is 24.8. The first-order chi connectivity index (χ1) is 57.7. The smallest absolute Gasteiger partial charge is 0.463 e. The number of aliphatic hydroxyl groups excluding tert-OH is 9. The highest BCUT2D eigenvalue weighted by molar-refractivity contribution is 7.47. The van der Waals surface area contributed by atoms with Crippen LogP contribution in [-0.2, 0) is 70.7 Å². The van der Waals surface area contributed by atoms with Gasteiger partial charge in [0.25, 0.3) is 0 Å². The Hall–Kier alpha value is -2.53. The van der Waals surface area contributed by atoms with Gasteiger partial charge in [0.1, 0.15) is 92.6 Å². The van der Waals surface area contributed by atoms with Crippen LogP contribution in [0.5, 0.6) is 0 Å². The molecule has 18 atom stereocenters. The molecule has 3 rings (SSSR count). The summed E-state index contributed by atoms with van der Waals surface area (Å²) in [6, 6.07) is 0. The molecular formula is C93H175O25P. The number of unbranched alkanes of at least 4 members (excludes halogenated alkanes) is 56. The maximum absolute atomic E-state index is 14.9. The molecule has 2 aliphatic heterocycles. The molecule has 25 nitrogen and oxygen atoms in total. The standard InChI is InChI=1S/C93H175O25P/c1-5-9-13-17-21-25-29-33-36-39-42-46-49-53-57-61-65-76(95)109-70-73(112-78(97)67-63-59-55-51-47-43-38-35-31-27-23-19-15-11-7-3)71-111-119(107,108)118-91-89(116-92-86(105)82(101)80(99)74(69-94)113-92)85(104)84(103)88(115-79(98)68-64-60-56-52-48-44-40-37-34-30-26-22-18-14-10-6-2)90(91)117-93-87(106)83(102)81(100)75(114-93)72-110-77(96)66-62-58-54-50-45-41-32-28-24-20-16-12-8-4/h73-75,80-94,99-106H,5-72H2,1-4H3,(H,107,108). The van der Waals surface area contributed by atoms with E-state index >= 15 is 0 Å². The minimum absolute atomic E-state index is 0.0199. The molecular weight excluding hydrogens is 1550 g/mol. The topological polar surface area (TPSA) is 380 Å². The lowest BCUT2D eigenvalue weighted by molar-refractivity contribution is -0.360. The van der Waals surface area contributed by atoms with Gasteiger partial charge >= 0.3 is 31.7 Å². The second-order valence-corrected chi connectivity index (χ2v) is 36.4. The van der Waals surface area contributed by atoms with Crippen LogP contribution in [0.3, 0.4) is 0 Å². The van der Waals surface area contributed by atoms with Gasteiger partial charge in [0.2, 0.25) is 0 Å². The number of carbonyl (C=O) groups excluding carboxylic acids is 4. The van der Waals surface area contributed by atoms with E-state index in [1.54, 1.807) is 0 Å². The van der Waals surface area contributed by atoms with Crippen molar-refractivity contribution >= 4 is 31.7 Å². The highest BCUT2D eigenvalue weighted by atomic mass is 31.2. The highest BCUT2D eigenvalue weighted by Gasteiger charge is 2.60. The quantitative estimate of drug-likeness (QED) is 0.0117. The van der Waals surface area contributed by atoms with E-state index in [1.165, 1.54) is 225 Å². The Morgan fingerprint density at radius 1 is 0.303 bits per heavy atom. The van der Waals surface area contributed by atoms with Crippen molar-refractivity contribution in [2.75, 3.05) is 26.4 Å². The molecule has 18 unspecified atom stereocenters. The average molecular weight is 1720 g/mol. The summed E-state index contributed by atoms with van der Waals surface area (Å²) >= 11 is 0. The van der Waals surface area contributed by atoms with Crippen molar-refractivity contribution in [3.05, 3.63) is 0 Å². The van der Waals surface area contributed by atoms with Crippen LogP contribution in [0.15, 0.2) is 0 Å². The first kappa shape index (κ1) is 111. The molecule has 0 bridgehead atoms. The Balaban J connectivity index is 1.90. The van der Waals surface area contributed by atoms with Crippen molar-refractivity contribution in [3.63, 3.8) is 0 Å². The predicted octanol–water partition coefficient (Wildman–Crippen LogP) is 18.6. The number of hydrogen-bond donors (Lipinski definition) is 10. The average Bonchev–Trinajstić information content (AvgIpc) is 0.754. The molecule has 0 aromatic heterocycles. The highest BCUT2D eigenvalue weighted by Crippen LogP contribution is 2.49. The van der Waals surface area contributed by atoms with E-state index in [1.807, 2.05) is 0 Å². The summed E-state index contributed by atoms with van der Waals surface area (Å²) in [5, 5.41) is 102. The third-order valence-electron chi connectivity index (χ3n) is 24.1. The molecule has 702 valence electrons. The van der Waals surface area contributed by atoms with Crippen LogP contribution in [0.25, 0.3) is 0 Å². The van der Waals surface area contributed by atoms with Gasteiger partial charge in [-0.3, -0.25) is 28.2 Å². The molecule has 2 heterocycles. The summed E-state index contributed by atoms with van der Waals surface area (Å²) < 4.78 is 73.6. The van der Waals surface area contributed by atoms with Crippen molar-refractivity contribution in [1.82, 2.24) is 0 Å². The van der Waals surface area contributed by atoms with E-state index in [-0.39, 0.29) is 25.7 Å². The Bertz CT molecular complexity index is 2470. The largest absolute Gasteiger partial charge is 0.472 e. The van der Waals surface area contributed by atoms with E-state index in [0.29, 0.717) is 32.1 Å². The summed E-state index contributed by atoms with van der Waals surface area (Å²) in [5.74, 6) is -2.94. The van der Waals surface area contributed by atoms with Crippen molar-refractivity contribution in [1.29, 1.82) is 0 Å². The number of ether oxygens (including phenoxy) is 8. The van der Waals surface area contributed by atoms with Crippen LogP contribution in [0.4, 0.5) is 0 Å². The zero-order valence-electron chi connectivity index (χ0n) is 74.9. The van der Waals surface area contributed by atoms with Crippen LogP contribution >= 0.6 is 7.82 Å². The number of phosphoric acid groups is 1. The van der Waals surface area contributed by atoms with Gasteiger partial charge in [-0.25, -0.2) is 4.57 Å². The molecule has 10 N–H and O–H groups in total. The SMILES string of the molecule is CCCCCCCCCCCCCCCCCCC(=O)OCC(COP(=O)(O)OC1C(OC2OC(CO)C(O)C(O)C2O)C(O)C(O)C(OC(=O)CCCCCCCCCCCCCCCCCC)C1OC1OC(COC(=O)CCCCCCCCCCCCCCC)C(O)C(O)C1O)OC(=O)CCCCCCCCCCCCCCCCC. The lowest BCUT2D eigenvalue weighted by Gasteiger charge is -2.50. The van der Waals surface area contributed by atoms with Crippen LogP contribution in [-0.4, -0.2) is 205 Å². The Labute approximate surface area is 719 Å². The van der Waals surface area contributed by atoms with Crippen LogP contribution in [0.2, 0.25) is 0 Å². The first-order valence-corrected chi connectivity index (χ1v) is 50.3. The Morgan fingerprint density at radius 2 is 0.580 bits per heavy atom. The molecule has 1 aliphatic carbocycles. The molecule has 119 heavy (non-hydrogen) atoms. The molecule has 0 amide bonds. The molecule has 0 spiro atoms. The molecule has 1 saturated carbocycles. The Morgan fingerprint density at radius 3 is 0.916 bits per heavy atom. The van der Waals surface area contributed by atoms with Gasteiger partial charge in [0.05, 0.1) is 13.2 Å². The number of carbonyl (C=O) groups is 4. The van der Waals surface area contributed by atoms with Crippen molar-refractivity contribution < 1.29 is 122 Å². The van der Waals surface area contributed by atoms with Gasteiger partial charge < -0.3 is 88.7 Å². The van der Waals surface area contributed by atoms with Crippen molar-refractivity contribution in [2.24, 2.45) is 0 Å². The van der Waals surface area contributed by atoms with Gasteiger partial charge in [0, 0.05) is 25.7 Å². The molecule has 0 aromatic carbocycles. The summed E-state index contributed by atoms with van der Waals surface area (Å²) in [4.78, 5) is 66.6. The maximum Gasteiger partial charge on any atom is 0.472 e. The second-order valence-electron chi connectivity index (χ2n) is 35.0. The molecule has 2 saturated heterocycles. The van der Waals surface area contributed by atoms with Crippen LogP contribution in [0, 0.1) is 0 Å². The van der Waals surface area contributed by atoms with E-state index in [4.69, 9.17) is 46.9 Å².